The van der Waals surface area contributed by atoms with Crippen LogP contribution in [-0.2, 0) is 9.84 Å². The van der Waals surface area contributed by atoms with Crippen molar-refractivity contribution >= 4 is 43.5 Å². The number of H-pyrrole nitrogens is 1. The molecule has 3 aromatic heterocycles. The zero-order valence-electron chi connectivity index (χ0n) is 19.9. The summed E-state index contributed by atoms with van der Waals surface area (Å²) in [6.45, 7) is 8.92. The van der Waals surface area contributed by atoms with Crippen LogP contribution >= 0.6 is 0 Å². The van der Waals surface area contributed by atoms with E-state index < -0.39 is 9.84 Å². The standard InChI is InChI=1S/C25H27N7O2S/c1-15(2)19-5-6-22(32-13-18(16(32)3)14-35(4,33)34)21-12-27-24(9-20(19)21)30-23-7-8-26-25(31-23)17-10-28-29-11-17/h5-12,16,18H,1,13-14H2,2-4H3,(H,28,29)(H,26,27,30,31)/t16-,18-/m1/s1. The molecule has 0 aliphatic carbocycles. The summed E-state index contributed by atoms with van der Waals surface area (Å²) in [5.74, 6) is 2.16. The largest absolute Gasteiger partial charge is 0.368 e. The van der Waals surface area contributed by atoms with E-state index in [9.17, 15) is 8.42 Å². The van der Waals surface area contributed by atoms with E-state index in [4.69, 9.17) is 0 Å². The molecule has 9 nitrogen and oxygen atoms in total. The van der Waals surface area contributed by atoms with Gasteiger partial charge < -0.3 is 10.2 Å². The lowest BCUT2D eigenvalue weighted by atomic mass is 9.89. The predicted molar refractivity (Wildman–Crippen MR) is 139 cm³/mol. The maximum atomic E-state index is 11.8. The van der Waals surface area contributed by atoms with E-state index in [0.29, 0.717) is 24.0 Å². The van der Waals surface area contributed by atoms with Gasteiger partial charge in [0.2, 0.25) is 0 Å². The molecule has 5 rings (SSSR count). The molecule has 0 saturated carbocycles. The lowest BCUT2D eigenvalue weighted by Crippen LogP contribution is -2.57. The average molecular weight is 490 g/mol. The van der Waals surface area contributed by atoms with Crippen LogP contribution < -0.4 is 10.2 Å². The minimum atomic E-state index is -3.01. The molecule has 4 aromatic rings. The monoisotopic (exact) mass is 489 g/mol. The lowest BCUT2D eigenvalue weighted by Gasteiger charge is -2.48. The molecule has 2 N–H and O–H groups in total. The molecule has 0 unspecified atom stereocenters. The summed E-state index contributed by atoms with van der Waals surface area (Å²) >= 11 is 0. The average Bonchev–Trinajstić information content (AvgIpc) is 3.35. The molecule has 1 saturated heterocycles. The van der Waals surface area contributed by atoms with Gasteiger partial charge in [0, 0.05) is 54.4 Å². The number of hydrogen-bond donors (Lipinski definition) is 2. The van der Waals surface area contributed by atoms with Crippen LogP contribution in [0, 0.1) is 5.92 Å². The van der Waals surface area contributed by atoms with Crippen molar-refractivity contribution in [3.05, 3.63) is 61.2 Å². The Morgan fingerprint density at radius 1 is 1.20 bits per heavy atom. The SMILES string of the molecule is C=C(C)c1ccc(N2C[C@H](CS(C)(=O)=O)[C@H]2C)c2cnc(Nc3ccnc(-c4cn[nH]c4)n3)cc12. The summed E-state index contributed by atoms with van der Waals surface area (Å²) in [5, 5.41) is 12.0. The second-order valence-electron chi connectivity index (χ2n) is 9.15. The van der Waals surface area contributed by atoms with Gasteiger partial charge in [0.05, 0.1) is 17.5 Å². The molecule has 0 amide bonds. The number of benzene rings is 1. The Balaban J connectivity index is 1.47. The maximum absolute atomic E-state index is 11.8. The van der Waals surface area contributed by atoms with Crippen LogP contribution in [0.1, 0.15) is 19.4 Å². The number of rotatable bonds is 7. The zero-order chi connectivity index (χ0) is 24.7. The van der Waals surface area contributed by atoms with E-state index in [-0.39, 0.29) is 17.7 Å². The van der Waals surface area contributed by atoms with Gasteiger partial charge in [-0.3, -0.25) is 5.10 Å². The Morgan fingerprint density at radius 2 is 2.03 bits per heavy atom. The summed E-state index contributed by atoms with van der Waals surface area (Å²) in [6.07, 6.45) is 8.26. The molecule has 1 aliphatic heterocycles. The van der Waals surface area contributed by atoms with Gasteiger partial charge in [0.15, 0.2) is 5.82 Å². The first kappa shape index (κ1) is 23.0. The fourth-order valence-corrected chi connectivity index (χ4v) is 5.74. The number of allylic oxidation sites excluding steroid dienone is 1. The number of aromatic nitrogens is 5. The van der Waals surface area contributed by atoms with E-state index >= 15 is 0 Å². The Kier molecular flexibility index (Phi) is 5.76. The minimum Gasteiger partial charge on any atom is -0.368 e. The molecule has 10 heteroatoms. The summed E-state index contributed by atoms with van der Waals surface area (Å²) in [6, 6.07) is 8.07. The van der Waals surface area contributed by atoms with Crippen molar-refractivity contribution in [2.75, 3.05) is 28.8 Å². The zero-order valence-corrected chi connectivity index (χ0v) is 20.7. The van der Waals surface area contributed by atoms with Crippen LogP contribution in [0.15, 0.2) is 55.6 Å². The third-order valence-electron chi connectivity index (χ3n) is 6.44. The van der Waals surface area contributed by atoms with Crippen LogP contribution in [0.2, 0.25) is 0 Å². The highest BCUT2D eigenvalue weighted by atomic mass is 32.2. The van der Waals surface area contributed by atoms with Crippen LogP contribution in [0.3, 0.4) is 0 Å². The number of fused-ring (bicyclic) bond motifs is 1. The van der Waals surface area contributed by atoms with Crippen molar-refractivity contribution in [1.29, 1.82) is 0 Å². The van der Waals surface area contributed by atoms with Crippen molar-refractivity contribution in [3.63, 3.8) is 0 Å². The number of hydrogen-bond acceptors (Lipinski definition) is 8. The molecule has 1 fully saturated rings. The van der Waals surface area contributed by atoms with E-state index in [1.165, 1.54) is 6.26 Å². The van der Waals surface area contributed by atoms with Crippen molar-refractivity contribution in [3.8, 4) is 11.4 Å². The van der Waals surface area contributed by atoms with Crippen molar-refractivity contribution in [2.24, 2.45) is 5.92 Å². The molecular weight excluding hydrogens is 462 g/mol. The van der Waals surface area contributed by atoms with Crippen LogP contribution in [0.5, 0.6) is 0 Å². The second kappa shape index (κ2) is 8.77. The van der Waals surface area contributed by atoms with E-state index in [0.717, 1.165) is 33.2 Å². The predicted octanol–water partition coefficient (Wildman–Crippen LogP) is 4.06. The molecule has 2 atom stereocenters. The first-order chi connectivity index (χ1) is 16.7. The number of anilines is 3. The van der Waals surface area contributed by atoms with Crippen LogP contribution in [0.4, 0.5) is 17.3 Å². The third-order valence-corrected chi connectivity index (χ3v) is 7.47. The van der Waals surface area contributed by atoms with Gasteiger partial charge in [-0.05, 0) is 43.0 Å². The summed E-state index contributed by atoms with van der Waals surface area (Å²) in [7, 11) is -3.01. The smallest absolute Gasteiger partial charge is 0.164 e. The molecule has 180 valence electrons. The number of pyridine rings is 1. The number of nitrogens with zero attached hydrogens (tertiary/aromatic N) is 5. The molecule has 4 heterocycles. The van der Waals surface area contributed by atoms with E-state index in [1.807, 2.05) is 19.2 Å². The summed E-state index contributed by atoms with van der Waals surface area (Å²) in [5.41, 5.74) is 3.84. The lowest BCUT2D eigenvalue weighted by molar-refractivity contribution is 0.342. The highest BCUT2D eigenvalue weighted by Gasteiger charge is 2.38. The van der Waals surface area contributed by atoms with Crippen LogP contribution in [0.25, 0.3) is 27.7 Å². The highest BCUT2D eigenvalue weighted by molar-refractivity contribution is 7.90. The molecule has 0 spiro atoms. The Bertz CT molecular complexity index is 1520. The molecule has 35 heavy (non-hydrogen) atoms. The number of nitrogens with one attached hydrogen (secondary N) is 2. The Labute approximate surface area is 204 Å². The molecule has 1 aliphatic rings. The van der Waals surface area contributed by atoms with Gasteiger partial charge in [0.25, 0.3) is 0 Å². The van der Waals surface area contributed by atoms with Crippen molar-refractivity contribution in [1.82, 2.24) is 25.1 Å². The van der Waals surface area contributed by atoms with Gasteiger partial charge in [-0.15, -0.1) is 0 Å². The van der Waals surface area contributed by atoms with Gasteiger partial charge in [0.1, 0.15) is 21.5 Å². The minimum absolute atomic E-state index is 0.122. The molecule has 0 bridgehead atoms. The fourth-order valence-electron chi connectivity index (χ4n) is 4.57. The summed E-state index contributed by atoms with van der Waals surface area (Å²) < 4.78 is 23.5. The quantitative estimate of drug-likeness (QED) is 0.399. The van der Waals surface area contributed by atoms with Crippen LogP contribution in [-0.4, -0.2) is 58.2 Å². The third kappa shape index (κ3) is 4.61. The first-order valence-corrected chi connectivity index (χ1v) is 13.4. The second-order valence-corrected chi connectivity index (χ2v) is 11.3. The van der Waals surface area contributed by atoms with Gasteiger partial charge in [-0.1, -0.05) is 18.2 Å². The maximum Gasteiger partial charge on any atom is 0.164 e. The first-order valence-electron chi connectivity index (χ1n) is 11.3. The summed E-state index contributed by atoms with van der Waals surface area (Å²) in [4.78, 5) is 15.8. The molecular formula is C25H27N7O2S. The molecule has 1 aromatic carbocycles. The van der Waals surface area contributed by atoms with Crippen molar-refractivity contribution < 1.29 is 8.42 Å². The van der Waals surface area contributed by atoms with Gasteiger partial charge in [-0.2, -0.15) is 5.10 Å². The Morgan fingerprint density at radius 3 is 2.71 bits per heavy atom. The van der Waals surface area contributed by atoms with Gasteiger partial charge >= 0.3 is 0 Å². The Hall–Kier alpha value is -3.79. The number of aromatic amines is 1. The van der Waals surface area contributed by atoms with E-state index in [2.05, 4.69) is 61.0 Å². The van der Waals surface area contributed by atoms with Gasteiger partial charge in [-0.25, -0.2) is 23.4 Å². The molecule has 0 radical (unpaired) electrons. The topological polar surface area (TPSA) is 117 Å². The highest BCUT2D eigenvalue weighted by Crippen LogP contribution is 2.39. The van der Waals surface area contributed by atoms with Crippen molar-refractivity contribution in [2.45, 2.75) is 19.9 Å². The normalized spacial score (nSPS) is 17.9. The fraction of sp³-hybridized carbons (Fsp3) is 0.280. The van der Waals surface area contributed by atoms with E-state index in [1.54, 1.807) is 24.7 Å². The number of sulfone groups is 1.